The number of nitrogens with two attached hydrogens (primary N) is 2. The van der Waals surface area contributed by atoms with E-state index in [9.17, 15) is 4.79 Å². The number of benzene rings is 1. The highest BCUT2D eigenvalue weighted by atomic mass is 16.5. The lowest BCUT2D eigenvalue weighted by Crippen LogP contribution is -2.26. The standard InChI is InChI=1S/C22H34N2O2/c1-7-16(17(8-2)21(24)25)13-14-20(23)26-22(5,6)19-12-10-9-11-18(19)15(3)4/h9-15,17H,7-8,23H2,1-6H3,(H2,24,25)/b16-13-,20-14+. The topological polar surface area (TPSA) is 78.3 Å². The first kappa shape index (κ1) is 21.8. The van der Waals surface area contributed by atoms with E-state index in [0.29, 0.717) is 18.2 Å². The first-order valence-electron chi connectivity index (χ1n) is 9.37. The maximum atomic E-state index is 11.6. The molecule has 4 N–H and O–H groups in total. The van der Waals surface area contributed by atoms with Gasteiger partial charge in [-0.05, 0) is 49.8 Å². The van der Waals surface area contributed by atoms with Gasteiger partial charge in [0.1, 0.15) is 5.60 Å². The minimum absolute atomic E-state index is 0.265. The van der Waals surface area contributed by atoms with Crippen LogP contribution in [0.5, 0.6) is 0 Å². The molecule has 1 unspecified atom stereocenters. The van der Waals surface area contributed by atoms with Gasteiger partial charge in [-0.15, -0.1) is 0 Å². The summed E-state index contributed by atoms with van der Waals surface area (Å²) in [6.45, 7) is 12.3. The van der Waals surface area contributed by atoms with Gasteiger partial charge in [-0.25, -0.2) is 0 Å². The molecule has 0 aliphatic heterocycles. The Morgan fingerprint density at radius 1 is 1.15 bits per heavy atom. The van der Waals surface area contributed by atoms with E-state index in [2.05, 4.69) is 26.0 Å². The molecule has 0 spiro atoms. The van der Waals surface area contributed by atoms with Gasteiger partial charge < -0.3 is 16.2 Å². The van der Waals surface area contributed by atoms with Crippen molar-refractivity contribution in [1.29, 1.82) is 0 Å². The summed E-state index contributed by atoms with van der Waals surface area (Å²) in [5.74, 6) is 0.143. The largest absolute Gasteiger partial charge is 0.469 e. The van der Waals surface area contributed by atoms with Crippen molar-refractivity contribution in [2.75, 3.05) is 0 Å². The molecular weight excluding hydrogens is 324 g/mol. The monoisotopic (exact) mass is 358 g/mol. The summed E-state index contributed by atoms with van der Waals surface area (Å²) in [7, 11) is 0. The van der Waals surface area contributed by atoms with Crippen LogP contribution >= 0.6 is 0 Å². The second-order valence-electron chi connectivity index (χ2n) is 7.38. The molecule has 0 saturated heterocycles. The molecule has 4 heteroatoms. The second kappa shape index (κ2) is 9.46. The van der Waals surface area contributed by atoms with Gasteiger partial charge >= 0.3 is 0 Å². The minimum Gasteiger partial charge on any atom is -0.469 e. The van der Waals surface area contributed by atoms with Crippen molar-refractivity contribution in [3.05, 3.63) is 59.0 Å². The summed E-state index contributed by atoms with van der Waals surface area (Å²) < 4.78 is 6.06. The van der Waals surface area contributed by atoms with E-state index in [1.165, 1.54) is 5.56 Å². The Morgan fingerprint density at radius 2 is 1.77 bits per heavy atom. The lowest BCUT2D eigenvalue weighted by atomic mass is 9.88. The third-order valence-electron chi connectivity index (χ3n) is 4.67. The van der Waals surface area contributed by atoms with Crippen LogP contribution in [0.1, 0.15) is 71.4 Å². The lowest BCUT2D eigenvalue weighted by molar-refractivity contribution is -0.120. The van der Waals surface area contributed by atoms with E-state index in [0.717, 1.165) is 17.6 Å². The maximum absolute atomic E-state index is 11.6. The highest BCUT2D eigenvalue weighted by molar-refractivity contribution is 5.79. The Bertz CT molecular complexity index is 672. The number of allylic oxidation sites excluding steroid dienone is 2. The van der Waals surface area contributed by atoms with Crippen molar-refractivity contribution in [3.8, 4) is 0 Å². The van der Waals surface area contributed by atoms with Crippen LogP contribution in [0.3, 0.4) is 0 Å². The van der Waals surface area contributed by atoms with Crippen molar-refractivity contribution in [2.45, 2.75) is 65.9 Å². The van der Waals surface area contributed by atoms with Crippen molar-refractivity contribution in [1.82, 2.24) is 0 Å². The number of hydrogen-bond acceptors (Lipinski definition) is 3. The maximum Gasteiger partial charge on any atom is 0.224 e. The number of ether oxygens (including phenoxy) is 1. The van der Waals surface area contributed by atoms with Crippen LogP contribution in [-0.2, 0) is 15.1 Å². The molecule has 0 saturated carbocycles. The first-order valence-corrected chi connectivity index (χ1v) is 9.37. The minimum atomic E-state index is -0.560. The SMILES string of the molecule is CC/C(=C/C=C(\N)OC(C)(C)c1ccccc1C(C)C)C(CC)C(N)=O. The normalized spacial score (nSPS) is 14.4. The van der Waals surface area contributed by atoms with Crippen molar-refractivity contribution < 1.29 is 9.53 Å². The summed E-state index contributed by atoms with van der Waals surface area (Å²) in [5, 5.41) is 0. The van der Waals surface area contributed by atoms with Gasteiger partial charge in [-0.2, -0.15) is 0 Å². The summed E-state index contributed by atoms with van der Waals surface area (Å²) in [6.07, 6.45) is 5.00. The Hall–Kier alpha value is -2.23. The zero-order chi connectivity index (χ0) is 19.9. The van der Waals surface area contributed by atoms with E-state index >= 15 is 0 Å². The first-order chi connectivity index (χ1) is 12.1. The summed E-state index contributed by atoms with van der Waals surface area (Å²) in [5.41, 5.74) is 14.4. The predicted molar refractivity (Wildman–Crippen MR) is 108 cm³/mol. The fourth-order valence-corrected chi connectivity index (χ4v) is 3.25. The molecule has 1 rings (SSSR count). The van der Waals surface area contributed by atoms with Gasteiger partial charge in [0.05, 0.1) is 5.92 Å². The van der Waals surface area contributed by atoms with Crippen LogP contribution in [0.25, 0.3) is 0 Å². The van der Waals surface area contributed by atoms with Gasteiger partial charge in [0.15, 0.2) is 5.88 Å². The molecule has 0 bridgehead atoms. The van der Waals surface area contributed by atoms with Gasteiger partial charge in [-0.3, -0.25) is 4.79 Å². The van der Waals surface area contributed by atoms with Gasteiger partial charge in [-0.1, -0.05) is 63.6 Å². The van der Waals surface area contributed by atoms with Crippen LogP contribution in [-0.4, -0.2) is 5.91 Å². The molecule has 0 aliphatic carbocycles. The van der Waals surface area contributed by atoms with Crippen LogP contribution in [0.15, 0.2) is 47.9 Å². The predicted octanol–water partition coefficient (Wildman–Crippen LogP) is 4.71. The summed E-state index contributed by atoms with van der Waals surface area (Å²) in [4.78, 5) is 11.6. The number of carbonyl (C=O) groups is 1. The Kier molecular flexibility index (Phi) is 7.94. The van der Waals surface area contributed by atoms with Gasteiger partial charge in [0.25, 0.3) is 0 Å². The van der Waals surface area contributed by atoms with Crippen molar-refractivity contribution in [2.24, 2.45) is 17.4 Å². The average Bonchev–Trinajstić information content (AvgIpc) is 2.57. The molecule has 144 valence electrons. The average molecular weight is 359 g/mol. The fourth-order valence-electron chi connectivity index (χ4n) is 3.25. The molecule has 1 aromatic rings. The van der Waals surface area contributed by atoms with Crippen LogP contribution < -0.4 is 11.5 Å². The van der Waals surface area contributed by atoms with Crippen molar-refractivity contribution >= 4 is 5.91 Å². The zero-order valence-corrected chi connectivity index (χ0v) is 17.0. The van der Waals surface area contributed by atoms with Gasteiger partial charge in [0, 0.05) is 0 Å². The molecule has 0 fully saturated rings. The number of carbonyl (C=O) groups excluding carboxylic acids is 1. The molecule has 26 heavy (non-hydrogen) atoms. The molecule has 1 atom stereocenters. The third-order valence-corrected chi connectivity index (χ3v) is 4.67. The molecule has 1 aromatic carbocycles. The van der Waals surface area contributed by atoms with Crippen LogP contribution in [0, 0.1) is 5.92 Å². The highest BCUT2D eigenvalue weighted by Gasteiger charge is 2.26. The Labute approximate surface area is 158 Å². The molecule has 0 aromatic heterocycles. The summed E-state index contributed by atoms with van der Waals surface area (Å²) >= 11 is 0. The van der Waals surface area contributed by atoms with E-state index in [1.54, 1.807) is 6.08 Å². The molecular formula is C22H34N2O2. The van der Waals surface area contributed by atoms with E-state index < -0.39 is 5.60 Å². The quantitative estimate of drug-likeness (QED) is 0.495. The lowest BCUT2D eigenvalue weighted by Gasteiger charge is -2.30. The smallest absolute Gasteiger partial charge is 0.224 e. The summed E-state index contributed by atoms with van der Waals surface area (Å²) in [6, 6.07) is 8.26. The number of rotatable bonds is 9. The third kappa shape index (κ3) is 5.65. The molecule has 1 amide bonds. The van der Waals surface area contributed by atoms with Gasteiger partial charge in [0.2, 0.25) is 5.91 Å². The molecule has 0 heterocycles. The number of primary amides is 1. The van der Waals surface area contributed by atoms with E-state index in [4.69, 9.17) is 16.2 Å². The molecule has 4 nitrogen and oxygen atoms in total. The van der Waals surface area contributed by atoms with Crippen LogP contribution in [0.2, 0.25) is 0 Å². The molecule has 0 aliphatic rings. The zero-order valence-electron chi connectivity index (χ0n) is 17.0. The Morgan fingerprint density at radius 3 is 2.27 bits per heavy atom. The van der Waals surface area contributed by atoms with E-state index in [-0.39, 0.29) is 11.8 Å². The van der Waals surface area contributed by atoms with Crippen LogP contribution in [0.4, 0.5) is 0 Å². The van der Waals surface area contributed by atoms with Crippen molar-refractivity contribution in [3.63, 3.8) is 0 Å². The highest BCUT2D eigenvalue weighted by Crippen LogP contribution is 2.32. The van der Waals surface area contributed by atoms with E-state index in [1.807, 2.05) is 45.9 Å². The fraction of sp³-hybridized carbons (Fsp3) is 0.500. The number of amides is 1. The second-order valence-corrected chi connectivity index (χ2v) is 7.38. The molecule has 0 radical (unpaired) electrons. The number of hydrogen-bond donors (Lipinski definition) is 2. The Balaban J connectivity index is 3.07.